The Morgan fingerprint density at radius 2 is 2.04 bits per heavy atom. The molecule has 1 aliphatic rings. The zero-order chi connectivity index (χ0) is 16.9. The lowest BCUT2D eigenvalue weighted by Crippen LogP contribution is -2.46. The molecule has 0 radical (unpaired) electrons. The lowest BCUT2D eigenvalue weighted by Gasteiger charge is -2.33. The monoisotopic (exact) mass is 344 g/mol. The number of aromatic nitrogens is 1. The summed E-state index contributed by atoms with van der Waals surface area (Å²) in [4.78, 5) is 18.8. The third-order valence-electron chi connectivity index (χ3n) is 4.24. The number of urea groups is 1. The third kappa shape index (κ3) is 4.17. The van der Waals surface area contributed by atoms with Gasteiger partial charge >= 0.3 is 6.03 Å². The third-order valence-corrected chi connectivity index (χ3v) is 4.48. The minimum atomic E-state index is -0.170. The highest BCUT2D eigenvalue weighted by Gasteiger charge is 2.21. The maximum Gasteiger partial charge on any atom is 0.319 e. The minimum Gasteiger partial charge on any atom is -0.356 e. The molecule has 3 rings (SSSR count). The molecule has 0 saturated carbocycles. The van der Waals surface area contributed by atoms with Crippen molar-refractivity contribution in [3.05, 3.63) is 53.2 Å². The molecule has 1 aromatic carbocycles. The van der Waals surface area contributed by atoms with Crippen LogP contribution in [0.5, 0.6) is 0 Å². The fraction of sp³-hybridized carbons (Fsp3) is 0.333. The maximum atomic E-state index is 12.2. The Labute approximate surface area is 147 Å². The Kier molecular flexibility index (Phi) is 5.20. The molecule has 6 heteroatoms. The fourth-order valence-electron chi connectivity index (χ4n) is 2.90. The first-order chi connectivity index (χ1) is 11.6. The van der Waals surface area contributed by atoms with Crippen molar-refractivity contribution in [3.8, 4) is 0 Å². The van der Waals surface area contributed by atoms with E-state index in [-0.39, 0.29) is 12.1 Å². The number of nitrogens with one attached hydrogen (secondary N) is 2. The van der Waals surface area contributed by atoms with Gasteiger partial charge in [-0.1, -0.05) is 17.7 Å². The van der Waals surface area contributed by atoms with E-state index in [9.17, 15) is 4.79 Å². The minimum absolute atomic E-state index is 0.170. The van der Waals surface area contributed by atoms with E-state index >= 15 is 0 Å². The van der Waals surface area contributed by atoms with E-state index in [1.54, 1.807) is 6.07 Å². The summed E-state index contributed by atoms with van der Waals surface area (Å²) in [5.41, 5.74) is 1.73. The van der Waals surface area contributed by atoms with E-state index < -0.39 is 0 Å². The van der Waals surface area contributed by atoms with Gasteiger partial charge in [-0.25, -0.2) is 9.78 Å². The number of nitrogens with zero attached hydrogens (tertiary/aromatic N) is 2. The molecule has 1 aliphatic heterocycles. The van der Waals surface area contributed by atoms with Gasteiger partial charge in [-0.2, -0.15) is 0 Å². The first-order valence-electron chi connectivity index (χ1n) is 8.11. The molecule has 0 aliphatic carbocycles. The molecule has 1 aromatic heterocycles. The van der Waals surface area contributed by atoms with Gasteiger partial charge in [0.05, 0.1) is 0 Å². The van der Waals surface area contributed by atoms with Gasteiger partial charge < -0.3 is 15.5 Å². The van der Waals surface area contributed by atoms with Crippen LogP contribution in [-0.4, -0.2) is 30.1 Å². The topological polar surface area (TPSA) is 57.3 Å². The number of pyridine rings is 1. The van der Waals surface area contributed by atoms with Crippen LogP contribution in [-0.2, 0) is 0 Å². The highest BCUT2D eigenvalue weighted by atomic mass is 35.5. The Balaban J connectivity index is 1.50. The van der Waals surface area contributed by atoms with Gasteiger partial charge in [0.25, 0.3) is 0 Å². The standard InChI is InChI=1S/C18H21ClN4O/c1-13-12-14(19)5-6-16(13)22-18(24)21-15-7-10-23(11-8-15)17-4-2-3-9-20-17/h2-6,9,12,15H,7-8,10-11H2,1H3,(H2,21,22,24). The fourth-order valence-corrected chi connectivity index (χ4v) is 3.13. The summed E-state index contributed by atoms with van der Waals surface area (Å²) >= 11 is 5.94. The zero-order valence-electron chi connectivity index (χ0n) is 13.6. The van der Waals surface area contributed by atoms with E-state index in [2.05, 4.69) is 20.5 Å². The molecule has 0 unspecified atom stereocenters. The summed E-state index contributed by atoms with van der Waals surface area (Å²) in [5.74, 6) is 0.997. The molecular formula is C18H21ClN4O. The van der Waals surface area contributed by atoms with Gasteiger partial charge in [0.1, 0.15) is 5.82 Å². The first-order valence-corrected chi connectivity index (χ1v) is 8.49. The number of anilines is 2. The van der Waals surface area contributed by atoms with Crippen LogP contribution in [0.15, 0.2) is 42.6 Å². The molecule has 0 atom stereocenters. The summed E-state index contributed by atoms with van der Waals surface area (Å²) in [6, 6.07) is 11.4. The predicted octanol–water partition coefficient (Wildman–Crippen LogP) is 3.83. The Morgan fingerprint density at radius 1 is 1.25 bits per heavy atom. The lowest BCUT2D eigenvalue weighted by molar-refractivity contribution is 0.246. The van der Waals surface area contributed by atoms with E-state index in [1.807, 2.05) is 43.5 Å². The molecule has 0 bridgehead atoms. The summed E-state index contributed by atoms with van der Waals surface area (Å²) in [6.07, 6.45) is 3.62. The van der Waals surface area contributed by atoms with Gasteiger partial charge in [-0.05, 0) is 55.7 Å². The number of carbonyl (C=O) groups is 1. The van der Waals surface area contributed by atoms with Crippen molar-refractivity contribution in [3.63, 3.8) is 0 Å². The van der Waals surface area contributed by atoms with Crippen LogP contribution in [0.25, 0.3) is 0 Å². The molecule has 1 fully saturated rings. The number of amides is 2. The molecule has 0 spiro atoms. The quantitative estimate of drug-likeness (QED) is 0.889. The van der Waals surface area contributed by atoms with Gasteiger partial charge in [0.15, 0.2) is 0 Å². The number of hydrogen-bond donors (Lipinski definition) is 2. The summed E-state index contributed by atoms with van der Waals surface area (Å²) in [7, 11) is 0. The van der Waals surface area contributed by atoms with E-state index in [4.69, 9.17) is 11.6 Å². The van der Waals surface area contributed by atoms with Crippen molar-refractivity contribution in [2.24, 2.45) is 0 Å². The van der Waals surface area contributed by atoms with Crippen molar-refractivity contribution in [2.45, 2.75) is 25.8 Å². The van der Waals surface area contributed by atoms with Crippen molar-refractivity contribution < 1.29 is 4.79 Å². The number of hydrogen-bond acceptors (Lipinski definition) is 3. The van der Waals surface area contributed by atoms with Crippen LogP contribution in [0.3, 0.4) is 0 Å². The van der Waals surface area contributed by atoms with Crippen LogP contribution >= 0.6 is 11.6 Å². The highest BCUT2D eigenvalue weighted by Crippen LogP contribution is 2.20. The van der Waals surface area contributed by atoms with Crippen LogP contribution in [0.1, 0.15) is 18.4 Å². The lowest BCUT2D eigenvalue weighted by atomic mass is 10.1. The average molecular weight is 345 g/mol. The second kappa shape index (κ2) is 7.53. The molecule has 2 aromatic rings. The van der Waals surface area contributed by atoms with Crippen molar-refractivity contribution in [2.75, 3.05) is 23.3 Å². The summed E-state index contributed by atoms with van der Waals surface area (Å²) in [5, 5.41) is 6.61. The van der Waals surface area contributed by atoms with Crippen molar-refractivity contribution in [1.82, 2.24) is 10.3 Å². The maximum absolute atomic E-state index is 12.2. The number of carbonyl (C=O) groups excluding carboxylic acids is 1. The number of halogens is 1. The zero-order valence-corrected chi connectivity index (χ0v) is 14.4. The normalized spacial score (nSPS) is 15.2. The number of piperidine rings is 1. The molecule has 1 saturated heterocycles. The first kappa shape index (κ1) is 16.6. The average Bonchev–Trinajstić information content (AvgIpc) is 2.59. The molecule has 24 heavy (non-hydrogen) atoms. The number of aryl methyl sites for hydroxylation is 1. The Bertz CT molecular complexity index is 699. The second-order valence-corrected chi connectivity index (χ2v) is 6.44. The number of rotatable bonds is 3. The van der Waals surface area contributed by atoms with E-state index in [0.29, 0.717) is 5.02 Å². The molecule has 2 amide bonds. The molecule has 5 nitrogen and oxygen atoms in total. The Morgan fingerprint density at radius 3 is 2.71 bits per heavy atom. The van der Waals surface area contributed by atoms with Gasteiger partial charge in [-0.15, -0.1) is 0 Å². The summed E-state index contributed by atoms with van der Waals surface area (Å²) < 4.78 is 0. The molecule has 2 heterocycles. The summed E-state index contributed by atoms with van der Waals surface area (Å²) in [6.45, 7) is 3.71. The molecule has 126 valence electrons. The van der Waals surface area contributed by atoms with Gasteiger partial charge in [0.2, 0.25) is 0 Å². The van der Waals surface area contributed by atoms with Crippen molar-refractivity contribution in [1.29, 1.82) is 0 Å². The van der Waals surface area contributed by atoms with Crippen LogP contribution < -0.4 is 15.5 Å². The Hall–Kier alpha value is -2.27. The SMILES string of the molecule is Cc1cc(Cl)ccc1NC(=O)NC1CCN(c2ccccn2)CC1. The predicted molar refractivity (Wildman–Crippen MR) is 97.8 cm³/mol. The van der Waals surface area contributed by atoms with Crippen LogP contribution in [0.4, 0.5) is 16.3 Å². The van der Waals surface area contributed by atoms with E-state index in [1.165, 1.54) is 0 Å². The number of benzene rings is 1. The van der Waals surface area contributed by atoms with Gasteiger partial charge in [-0.3, -0.25) is 0 Å². The molecular weight excluding hydrogens is 324 g/mol. The van der Waals surface area contributed by atoms with Crippen LogP contribution in [0, 0.1) is 6.92 Å². The highest BCUT2D eigenvalue weighted by molar-refractivity contribution is 6.30. The van der Waals surface area contributed by atoms with Crippen molar-refractivity contribution >= 4 is 29.1 Å². The second-order valence-electron chi connectivity index (χ2n) is 6.01. The smallest absolute Gasteiger partial charge is 0.319 e. The molecule has 2 N–H and O–H groups in total. The van der Waals surface area contributed by atoms with Gasteiger partial charge in [0, 0.05) is 36.0 Å². The van der Waals surface area contributed by atoms with Crippen LogP contribution in [0.2, 0.25) is 5.02 Å². The largest absolute Gasteiger partial charge is 0.356 e. The van der Waals surface area contributed by atoms with E-state index in [0.717, 1.165) is 43.0 Å².